The average Bonchev–Trinajstić information content (AvgIpc) is 3.45. The third kappa shape index (κ3) is 5.08. The monoisotopic (exact) mass is 499 g/mol. The number of amides is 1. The van der Waals surface area contributed by atoms with Gasteiger partial charge in [0.2, 0.25) is 5.91 Å². The van der Waals surface area contributed by atoms with E-state index in [4.69, 9.17) is 16.3 Å². The van der Waals surface area contributed by atoms with Gasteiger partial charge in [-0.2, -0.15) is 0 Å². The van der Waals surface area contributed by atoms with E-state index in [2.05, 4.69) is 19.9 Å². The number of aromatic nitrogens is 4. The largest absolute Gasteiger partial charge is 0.454 e. The highest BCUT2D eigenvalue weighted by molar-refractivity contribution is 7.14. The van der Waals surface area contributed by atoms with Crippen LogP contribution in [0.2, 0.25) is 5.02 Å². The summed E-state index contributed by atoms with van der Waals surface area (Å²) < 4.78 is 5.36. The van der Waals surface area contributed by atoms with Gasteiger partial charge in [0.05, 0.1) is 16.4 Å². The van der Waals surface area contributed by atoms with Crippen molar-refractivity contribution in [2.45, 2.75) is 27.4 Å². The summed E-state index contributed by atoms with van der Waals surface area (Å²) in [5.74, 6) is -0.358. The first-order valence-electron chi connectivity index (χ1n) is 9.75. The maximum Gasteiger partial charge on any atom is 0.358 e. The molecule has 4 rings (SSSR count). The van der Waals surface area contributed by atoms with Crippen LogP contribution >= 0.6 is 34.3 Å². The summed E-state index contributed by atoms with van der Waals surface area (Å²) in [7, 11) is 0. The minimum Gasteiger partial charge on any atom is -0.454 e. The molecule has 0 radical (unpaired) electrons. The number of hydrogen-bond donors (Lipinski definition) is 0. The smallest absolute Gasteiger partial charge is 0.358 e. The second-order valence-electron chi connectivity index (χ2n) is 7.07. The molecule has 0 saturated carbocycles. The molecule has 168 valence electrons. The molecule has 0 fully saturated rings. The second kappa shape index (κ2) is 9.74. The summed E-state index contributed by atoms with van der Waals surface area (Å²) in [6.45, 7) is 5.22. The topological polar surface area (TPSA) is 98.2 Å². The van der Waals surface area contributed by atoms with Gasteiger partial charge in [-0.25, -0.2) is 24.7 Å². The normalized spacial score (nSPS) is 10.8. The Morgan fingerprint density at radius 1 is 1.09 bits per heavy atom. The Balaban J connectivity index is 1.48. The van der Waals surface area contributed by atoms with Crippen LogP contribution < -0.4 is 4.90 Å². The lowest BCUT2D eigenvalue weighted by Crippen LogP contribution is -2.24. The quantitative estimate of drug-likeness (QED) is 0.329. The van der Waals surface area contributed by atoms with Gasteiger partial charge in [-0.3, -0.25) is 9.69 Å². The number of carbonyl (C=O) groups is 2. The van der Waals surface area contributed by atoms with E-state index in [0.717, 1.165) is 11.1 Å². The highest BCUT2D eigenvalue weighted by Crippen LogP contribution is 2.37. The summed E-state index contributed by atoms with van der Waals surface area (Å²) >= 11 is 8.97. The van der Waals surface area contributed by atoms with Crippen molar-refractivity contribution in [3.63, 3.8) is 0 Å². The number of hydrogen-bond acceptors (Lipinski definition) is 9. The van der Waals surface area contributed by atoms with Crippen LogP contribution in [-0.2, 0) is 16.1 Å². The SMILES string of the molecule is CC(=O)N(c1nc(COC(=O)c2csc(-c3ncccn3)n2)cs1)c1c(C)cc(C)cc1Cl. The van der Waals surface area contributed by atoms with Crippen LogP contribution in [0.1, 0.15) is 34.2 Å². The van der Waals surface area contributed by atoms with Gasteiger partial charge in [0.1, 0.15) is 6.61 Å². The average molecular weight is 500 g/mol. The minimum atomic E-state index is -0.580. The predicted molar refractivity (Wildman–Crippen MR) is 128 cm³/mol. The van der Waals surface area contributed by atoms with E-state index in [1.807, 2.05) is 19.9 Å². The number of esters is 1. The number of rotatable bonds is 6. The number of nitrogens with zero attached hydrogens (tertiary/aromatic N) is 5. The third-order valence-corrected chi connectivity index (χ3v) is 6.49. The lowest BCUT2D eigenvalue weighted by molar-refractivity contribution is -0.115. The first kappa shape index (κ1) is 23.0. The number of halogens is 1. The molecule has 33 heavy (non-hydrogen) atoms. The van der Waals surface area contributed by atoms with Crippen LogP contribution in [0, 0.1) is 13.8 Å². The van der Waals surface area contributed by atoms with Gasteiger partial charge < -0.3 is 4.74 Å². The maximum atomic E-state index is 12.4. The molecule has 3 aromatic heterocycles. The molecule has 3 heterocycles. The molecule has 0 aliphatic carbocycles. The van der Waals surface area contributed by atoms with Crippen LogP contribution in [0.3, 0.4) is 0 Å². The van der Waals surface area contributed by atoms with Crippen molar-refractivity contribution >= 4 is 57.0 Å². The van der Waals surface area contributed by atoms with Crippen LogP contribution in [0.25, 0.3) is 10.8 Å². The summed E-state index contributed by atoms with van der Waals surface area (Å²) in [5.41, 5.74) is 3.13. The third-order valence-electron chi connectivity index (χ3n) is 4.49. The zero-order valence-corrected chi connectivity index (χ0v) is 20.3. The molecule has 0 aliphatic heterocycles. The Labute approximate surface area is 202 Å². The Kier molecular flexibility index (Phi) is 6.77. The van der Waals surface area contributed by atoms with Crippen molar-refractivity contribution in [3.05, 3.63) is 68.9 Å². The fourth-order valence-corrected chi connectivity index (χ4v) is 5.13. The highest BCUT2D eigenvalue weighted by atomic mass is 35.5. The number of aryl methyl sites for hydroxylation is 2. The molecule has 4 aromatic rings. The van der Waals surface area contributed by atoms with E-state index in [-0.39, 0.29) is 18.2 Å². The summed E-state index contributed by atoms with van der Waals surface area (Å²) in [4.78, 5) is 43.3. The van der Waals surface area contributed by atoms with E-state index in [9.17, 15) is 9.59 Å². The second-order valence-corrected chi connectivity index (χ2v) is 9.18. The molecule has 0 unspecified atom stereocenters. The molecule has 0 atom stereocenters. The molecule has 11 heteroatoms. The lowest BCUT2D eigenvalue weighted by atomic mass is 10.1. The molecule has 0 bridgehead atoms. The van der Waals surface area contributed by atoms with Crippen molar-refractivity contribution in [1.82, 2.24) is 19.9 Å². The molecular formula is C22H18ClN5O3S2. The number of carbonyl (C=O) groups excluding carboxylic acids is 2. The van der Waals surface area contributed by atoms with Gasteiger partial charge >= 0.3 is 5.97 Å². The van der Waals surface area contributed by atoms with Crippen LogP contribution in [0.15, 0.2) is 41.4 Å². The molecule has 0 saturated heterocycles. The molecule has 8 nitrogen and oxygen atoms in total. The van der Waals surface area contributed by atoms with Crippen LogP contribution in [0.5, 0.6) is 0 Å². The van der Waals surface area contributed by atoms with Gasteiger partial charge in [0.15, 0.2) is 21.7 Å². The van der Waals surface area contributed by atoms with Crippen LogP contribution in [-0.4, -0.2) is 31.8 Å². The van der Waals surface area contributed by atoms with Crippen molar-refractivity contribution in [1.29, 1.82) is 0 Å². The Morgan fingerprint density at radius 2 is 1.85 bits per heavy atom. The summed E-state index contributed by atoms with van der Waals surface area (Å²) in [6.07, 6.45) is 3.22. The van der Waals surface area contributed by atoms with E-state index in [1.165, 1.54) is 34.5 Å². The molecule has 0 N–H and O–H groups in total. The van der Waals surface area contributed by atoms with Crippen molar-refractivity contribution in [2.24, 2.45) is 0 Å². The zero-order chi connectivity index (χ0) is 23.5. The number of benzene rings is 1. The molecule has 1 amide bonds. The Hall–Kier alpha value is -3.21. The lowest BCUT2D eigenvalue weighted by Gasteiger charge is -2.22. The fraction of sp³-hybridized carbons (Fsp3) is 0.182. The van der Waals surface area contributed by atoms with Gasteiger partial charge in [0.25, 0.3) is 0 Å². The van der Waals surface area contributed by atoms with Crippen molar-refractivity contribution < 1.29 is 14.3 Å². The molecule has 0 aliphatic rings. The molecule has 0 spiro atoms. The van der Waals surface area contributed by atoms with Gasteiger partial charge in [-0.05, 0) is 37.1 Å². The maximum absolute atomic E-state index is 12.4. The van der Waals surface area contributed by atoms with Crippen molar-refractivity contribution in [3.8, 4) is 10.8 Å². The van der Waals surface area contributed by atoms with E-state index in [0.29, 0.717) is 32.4 Å². The van der Waals surface area contributed by atoms with E-state index >= 15 is 0 Å². The van der Waals surface area contributed by atoms with E-state index < -0.39 is 5.97 Å². The number of thiazole rings is 2. The van der Waals surface area contributed by atoms with Gasteiger partial charge in [-0.15, -0.1) is 22.7 Å². The van der Waals surface area contributed by atoms with Crippen LogP contribution in [0.4, 0.5) is 10.8 Å². The first-order chi connectivity index (χ1) is 15.8. The minimum absolute atomic E-state index is 0.0591. The molecule has 1 aromatic carbocycles. The molecular weight excluding hydrogens is 482 g/mol. The Bertz CT molecular complexity index is 1300. The number of anilines is 2. The first-order valence-corrected chi connectivity index (χ1v) is 11.9. The Morgan fingerprint density at radius 3 is 2.55 bits per heavy atom. The predicted octanol–water partition coefficient (Wildman–Crippen LogP) is 5.37. The number of ether oxygens (including phenoxy) is 1. The zero-order valence-electron chi connectivity index (χ0n) is 17.9. The highest BCUT2D eigenvalue weighted by Gasteiger charge is 2.23. The fourth-order valence-electron chi connectivity index (χ4n) is 3.14. The summed E-state index contributed by atoms with van der Waals surface area (Å²) in [5, 5.41) is 4.77. The van der Waals surface area contributed by atoms with Crippen molar-refractivity contribution in [2.75, 3.05) is 4.90 Å². The summed E-state index contributed by atoms with van der Waals surface area (Å²) in [6, 6.07) is 5.46. The standard InChI is InChI=1S/C22H18ClN5O3S2/c1-12-7-13(2)18(16(23)8-12)28(14(3)29)22-26-15(10-33-22)9-31-21(30)17-11-32-20(27-17)19-24-5-4-6-25-19/h4-8,10-11H,9H2,1-3H3. The van der Waals surface area contributed by atoms with Gasteiger partial charge in [0, 0.05) is 30.1 Å². The van der Waals surface area contributed by atoms with E-state index in [1.54, 1.807) is 35.3 Å². The van der Waals surface area contributed by atoms with Gasteiger partial charge in [-0.1, -0.05) is 17.7 Å².